The van der Waals surface area contributed by atoms with Crippen LogP contribution in [0.1, 0.15) is 73.8 Å². The van der Waals surface area contributed by atoms with Crippen molar-refractivity contribution in [2.24, 2.45) is 5.92 Å². The smallest absolute Gasteiger partial charge is 0.0720 e. The van der Waals surface area contributed by atoms with Crippen LogP contribution in [0.3, 0.4) is 0 Å². The topological polar surface area (TPSA) is 52.7 Å². The first-order valence-electron chi connectivity index (χ1n) is 13.2. The highest BCUT2D eigenvalue weighted by molar-refractivity contribution is 6.31. The molecule has 4 nitrogen and oxygen atoms in total. The molecular formula is C30H37ClN4. The molecule has 0 amide bonds. The molecule has 35 heavy (non-hydrogen) atoms. The molecule has 0 aliphatic heterocycles. The Balaban J connectivity index is 1.61. The second-order valence-electron chi connectivity index (χ2n) is 10.1. The van der Waals surface area contributed by atoms with Crippen molar-refractivity contribution in [3.8, 4) is 11.3 Å². The summed E-state index contributed by atoms with van der Waals surface area (Å²) in [6, 6.07) is 8.76. The van der Waals surface area contributed by atoms with Crippen molar-refractivity contribution >= 4 is 29.1 Å². The highest BCUT2D eigenvalue weighted by Crippen LogP contribution is 2.46. The third-order valence-electron chi connectivity index (χ3n) is 8.24. The summed E-state index contributed by atoms with van der Waals surface area (Å²) in [5.74, 6) is 1.32. The van der Waals surface area contributed by atoms with Crippen LogP contribution >= 0.6 is 11.6 Å². The Morgan fingerprint density at radius 1 is 1.20 bits per heavy atom. The maximum Gasteiger partial charge on any atom is 0.0720 e. The number of nitrogens with zero attached hydrogens (tertiary/aromatic N) is 1. The maximum absolute atomic E-state index is 6.58. The maximum atomic E-state index is 6.58. The van der Waals surface area contributed by atoms with Gasteiger partial charge >= 0.3 is 0 Å². The Kier molecular flexibility index (Phi) is 7.31. The van der Waals surface area contributed by atoms with Crippen molar-refractivity contribution in [3.63, 3.8) is 0 Å². The molecule has 5 heteroatoms. The van der Waals surface area contributed by atoms with E-state index < -0.39 is 0 Å². The average Bonchev–Trinajstić information content (AvgIpc) is 3.15. The van der Waals surface area contributed by atoms with E-state index >= 15 is 0 Å². The molecule has 2 aliphatic rings. The largest absolute Gasteiger partial charge is 0.356 e. The standard InChI is InChI=1S/C30H37ClN4/c1-4-21-25(31)10-7-11-27(21)34-29-22(5-2)28(24-14-15-26(24)32-3)35-30(29)23-16-17-33-18-20(23)13-12-19-8-6-9-19/h5,7,10-11,16-19,24,26,32,34-35H,2,4,6,8-9,12-15H2,1,3H3. The minimum atomic E-state index is 0.451. The van der Waals surface area contributed by atoms with Gasteiger partial charge in [-0.3, -0.25) is 4.98 Å². The number of anilines is 2. The van der Waals surface area contributed by atoms with E-state index in [4.69, 9.17) is 11.6 Å². The van der Waals surface area contributed by atoms with E-state index in [0.29, 0.717) is 12.0 Å². The van der Waals surface area contributed by atoms with Crippen molar-refractivity contribution in [1.29, 1.82) is 0 Å². The van der Waals surface area contributed by atoms with Crippen LogP contribution in [0.25, 0.3) is 17.3 Å². The lowest BCUT2D eigenvalue weighted by Gasteiger charge is -2.36. The second kappa shape index (κ2) is 10.6. The van der Waals surface area contributed by atoms with Gasteiger partial charge in [-0.25, -0.2) is 0 Å². The second-order valence-corrected chi connectivity index (χ2v) is 10.5. The van der Waals surface area contributed by atoms with Crippen molar-refractivity contribution in [3.05, 3.63) is 70.6 Å². The van der Waals surface area contributed by atoms with Gasteiger partial charge in [-0.05, 0) is 74.4 Å². The Bertz CT molecular complexity index is 1190. The molecule has 2 aliphatic carbocycles. The number of hydrogen-bond donors (Lipinski definition) is 3. The summed E-state index contributed by atoms with van der Waals surface area (Å²) in [5, 5.41) is 8.09. The van der Waals surface area contributed by atoms with Gasteiger partial charge < -0.3 is 15.6 Å². The molecule has 2 saturated carbocycles. The monoisotopic (exact) mass is 488 g/mol. The van der Waals surface area contributed by atoms with Gasteiger partial charge in [-0.1, -0.05) is 56.5 Å². The first-order chi connectivity index (χ1) is 17.1. The van der Waals surface area contributed by atoms with E-state index in [1.54, 1.807) is 0 Å². The van der Waals surface area contributed by atoms with Gasteiger partial charge in [0.25, 0.3) is 0 Å². The lowest BCUT2D eigenvalue weighted by atomic mass is 9.76. The van der Waals surface area contributed by atoms with Crippen LogP contribution in [0.15, 0.2) is 43.2 Å². The first-order valence-corrected chi connectivity index (χ1v) is 13.6. The van der Waals surface area contributed by atoms with Gasteiger partial charge in [-0.15, -0.1) is 0 Å². The van der Waals surface area contributed by atoms with Crippen LogP contribution < -0.4 is 10.6 Å². The molecule has 1 aromatic carbocycles. The number of rotatable bonds is 10. The molecule has 0 spiro atoms. The third kappa shape index (κ3) is 4.66. The molecule has 0 radical (unpaired) electrons. The molecular weight excluding hydrogens is 452 g/mol. The van der Waals surface area contributed by atoms with Crippen molar-refractivity contribution < 1.29 is 0 Å². The van der Waals surface area contributed by atoms with Gasteiger partial charge in [-0.2, -0.15) is 0 Å². The Morgan fingerprint density at radius 3 is 2.71 bits per heavy atom. The molecule has 2 atom stereocenters. The Labute approximate surface area is 214 Å². The molecule has 3 N–H and O–H groups in total. The molecule has 3 aromatic rings. The fraction of sp³-hybridized carbons (Fsp3) is 0.433. The number of benzene rings is 1. The van der Waals surface area contributed by atoms with Gasteiger partial charge in [0.1, 0.15) is 0 Å². The number of aromatic nitrogens is 2. The summed E-state index contributed by atoms with van der Waals surface area (Å²) in [6.45, 7) is 6.38. The molecule has 0 bridgehead atoms. The number of pyridine rings is 1. The van der Waals surface area contributed by atoms with E-state index in [0.717, 1.165) is 52.0 Å². The third-order valence-corrected chi connectivity index (χ3v) is 8.60. The number of aryl methyl sites for hydroxylation is 1. The zero-order chi connectivity index (χ0) is 24.4. The summed E-state index contributed by atoms with van der Waals surface area (Å²) in [6.07, 6.45) is 15.6. The minimum Gasteiger partial charge on any atom is -0.356 e. The summed E-state index contributed by atoms with van der Waals surface area (Å²) in [5.41, 5.74) is 9.38. The molecule has 2 aromatic heterocycles. The molecule has 2 fully saturated rings. The zero-order valence-corrected chi connectivity index (χ0v) is 21.7. The lowest BCUT2D eigenvalue weighted by Crippen LogP contribution is -2.40. The van der Waals surface area contributed by atoms with E-state index in [-0.39, 0.29) is 0 Å². The van der Waals surface area contributed by atoms with Crippen LogP contribution in [0.2, 0.25) is 5.02 Å². The highest BCUT2D eigenvalue weighted by Gasteiger charge is 2.35. The van der Waals surface area contributed by atoms with E-state index in [1.165, 1.54) is 55.3 Å². The van der Waals surface area contributed by atoms with Gasteiger partial charge in [0.05, 0.1) is 11.4 Å². The highest BCUT2D eigenvalue weighted by atomic mass is 35.5. The van der Waals surface area contributed by atoms with Crippen LogP contribution in [-0.2, 0) is 12.8 Å². The summed E-state index contributed by atoms with van der Waals surface area (Å²) >= 11 is 6.58. The van der Waals surface area contributed by atoms with Gasteiger partial charge in [0, 0.05) is 51.9 Å². The minimum absolute atomic E-state index is 0.451. The summed E-state index contributed by atoms with van der Waals surface area (Å²) in [7, 11) is 2.06. The van der Waals surface area contributed by atoms with Crippen LogP contribution in [0.5, 0.6) is 0 Å². The van der Waals surface area contributed by atoms with E-state index in [1.807, 2.05) is 24.4 Å². The van der Waals surface area contributed by atoms with Crippen molar-refractivity contribution in [2.75, 3.05) is 12.4 Å². The van der Waals surface area contributed by atoms with Crippen LogP contribution in [0.4, 0.5) is 11.4 Å². The summed E-state index contributed by atoms with van der Waals surface area (Å²) in [4.78, 5) is 8.38. The Morgan fingerprint density at radius 2 is 2.06 bits per heavy atom. The van der Waals surface area contributed by atoms with Gasteiger partial charge in [0.15, 0.2) is 0 Å². The average molecular weight is 489 g/mol. The SMILES string of the molecule is C=Cc1c(C2CCC2NC)[nH]c(-c2ccncc2CCC2CCC2)c1Nc1cccc(Cl)c1CC. The predicted octanol–water partition coefficient (Wildman–Crippen LogP) is 7.88. The number of likely N-dealkylation sites (N-methyl/N-ethyl adjacent to an activating group) is 1. The number of hydrogen-bond acceptors (Lipinski definition) is 3. The normalized spacial score (nSPS) is 19.7. The van der Waals surface area contributed by atoms with Gasteiger partial charge in [0.2, 0.25) is 0 Å². The fourth-order valence-corrected chi connectivity index (χ4v) is 6.05. The fourth-order valence-electron chi connectivity index (χ4n) is 5.74. The van der Waals surface area contributed by atoms with E-state index in [2.05, 4.69) is 59.5 Å². The van der Waals surface area contributed by atoms with E-state index in [9.17, 15) is 0 Å². The van der Waals surface area contributed by atoms with Crippen LogP contribution in [-0.4, -0.2) is 23.1 Å². The summed E-state index contributed by atoms with van der Waals surface area (Å²) < 4.78 is 0. The molecule has 2 unspecified atom stereocenters. The molecule has 5 rings (SSSR count). The number of H-pyrrole nitrogens is 1. The predicted molar refractivity (Wildman–Crippen MR) is 149 cm³/mol. The lowest BCUT2D eigenvalue weighted by molar-refractivity contribution is 0.296. The number of nitrogens with one attached hydrogen (secondary N) is 3. The van der Waals surface area contributed by atoms with Crippen molar-refractivity contribution in [1.82, 2.24) is 15.3 Å². The van der Waals surface area contributed by atoms with Crippen LogP contribution in [0, 0.1) is 5.92 Å². The molecule has 0 saturated heterocycles. The molecule has 184 valence electrons. The Hall–Kier alpha value is -2.56. The zero-order valence-electron chi connectivity index (χ0n) is 21.0. The number of halogens is 1. The van der Waals surface area contributed by atoms with Crippen molar-refractivity contribution in [2.45, 2.75) is 70.3 Å². The quantitative estimate of drug-likeness (QED) is 0.272. The number of aromatic amines is 1. The molecule has 2 heterocycles. The first kappa shape index (κ1) is 24.1.